The Bertz CT molecular complexity index is 253. The molecule has 1 heteroatoms. The highest BCUT2D eigenvalue weighted by Crippen LogP contribution is 2.22. The van der Waals surface area contributed by atoms with Crippen LogP contribution >= 0.6 is 0 Å². The first-order chi connectivity index (χ1) is 6.04. The van der Waals surface area contributed by atoms with E-state index in [0.717, 1.165) is 5.56 Å². The van der Waals surface area contributed by atoms with Gasteiger partial charge in [-0.15, -0.1) is 0 Å². The van der Waals surface area contributed by atoms with Gasteiger partial charge in [0.2, 0.25) is 0 Å². The Kier molecular flexibility index (Phi) is 3.10. The fraction of sp³-hybridized carbons (Fsp3) is 0.500. The fourth-order valence-corrected chi connectivity index (χ4v) is 1.29. The van der Waals surface area contributed by atoms with Crippen LogP contribution in [0, 0.1) is 0 Å². The van der Waals surface area contributed by atoms with Crippen molar-refractivity contribution >= 4 is 0 Å². The van der Waals surface area contributed by atoms with E-state index in [1.54, 1.807) is 0 Å². The largest absolute Gasteiger partial charge is 0.236 e. The molecule has 0 saturated heterocycles. The van der Waals surface area contributed by atoms with Gasteiger partial charge in [-0.3, -0.25) is 0 Å². The molecule has 13 heavy (non-hydrogen) atoms. The van der Waals surface area contributed by atoms with E-state index in [2.05, 4.69) is 45.0 Å². The molecular weight excluding hydrogens is 160 g/mol. The van der Waals surface area contributed by atoms with Gasteiger partial charge in [-0.1, -0.05) is 45.0 Å². The second-order valence-corrected chi connectivity index (χ2v) is 4.40. The minimum absolute atomic E-state index is 0.0190. The van der Waals surface area contributed by atoms with Gasteiger partial charge in [-0.25, -0.2) is 5.11 Å². The number of hydrogen-bond donors (Lipinski definition) is 0. The van der Waals surface area contributed by atoms with Crippen LogP contribution in [0.4, 0.5) is 0 Å². The maximum atomic E-state index is 10.4. The lowest BCUT2D eigenvalue weighted by Gasteiger charge is -2.18. The summed E-state index contributed by atoms with van der Waals surface area (Å²) in [6.45, 7) is 6.55. The average molecular weight is 177 g/mol. The molecule has 1 radical (unpaired) electrons. The summed E-state index contributed by atoms with van der Waals surface area (Å²) < 4.78 is 0. The van der Waals surface area contributed by atoms with Gasteiger partial charge in [0.1, 0.15) is 0 Å². The summed E-state index contributed by atoms with van der Waals surface area (Å²) in [4.78, 5) is 0. The second kappa shape index (κ2) is 3.93. The highest BCUT2D eigenvalue weighted by atomic mass is 16.2. The summed E-state index contributed by atoms with van der Waals surface area (Å²) in [6, 6.07) is 8.34. The Morgan fingerprint density at radius 1 is 1.08 bits per heavy atom. The quantitative estimate of drug-likeness (QED) is 0.662. The molecule has 0 bridgehead atoms. The van der Waals surface area contributed by atoms with Crippen molar-refractivity contribution in [3.05, 3.63) is 35.4 Å². The third kappa shape index (κ3) is 2.85. The molecule has 0 saturated carbocycles. The molecule has 0 amide bonds. The van der Waals surface area contributed by atoms with Crippen LogP contribution in [0.5, 0.6) is 0 Å². The van der Waals surface area contributed by atoms with E-state index < -0.39 is 0 Å². The van der Waals surface area contributed by atoms with E-state index in [1.807, 2.05) is 0 Å². The third-order valence-electron chi connectivity index (χ3n) is 2.21. The van der Waals surface area contributed by atoms with Crippen molar-refractivity contribution in [2.45, 2.75) is 32.6 Å². The first-order valence-electron chi connectivity index (χ1n) is 4.71. The van der Waals surface area contributed by atoms with Crippen LogP contribution in [-0.2, 0) is 16.9 Å². The van der Waals surface area contributed by atoms with Gasteiger partial charge in [0.05, 0.1) is 6.61 Å². The van der Waals surface area contributed by atoms with Gasteiger partial charge in [-0.05, 0) is 23.0 Å². The van der Waals surface area contributed by atoms with Gasteiger partial charge in [-0.2, -0.15) is 0 Å². The third-order valence-corrected chi connectivity index (χ3v) is 2.21. The van der Waals surface area contributed by atoms with E-state index in [4.69, 9.17) is 0 Å². The molecule has 1 rings (SSSR count). The lowest BCUT2D eigenvalue weighted by Crippen LogP contribution is -2.10. The topological polar surface area (TPSA) is 19.9 Å². The van der Waals surface area contributed by atoms with Gasteiger partial charge >= 0.3 is 0 Å². The normalized spacial score (nSPS) is 11.7. The van der Waals surface area contributed by atoms with E-state index >= 15 is 0 Å². The minimum Gasteiger partial charge on any atom is -0.236 e. The number of rotatable bonds is 2. The van der Waals surface area contributed by atoms with Crippen molar-refractivity contribution in [1.82, 2.24) is 0 Å². The van der Waals surface area contributed by atoms with Crippen LogP contribution in [0.3, 0.4) is 0 Å². The van der Waals surface area contributed by atoms with Crippen molar-refractivity contribution < 1.29 is 5.11 Å². The smallest absolute Gasteiger partial charge is 0.0862 e. The molecule has 1 aromatic carbocycles. The molecule has 0 aromatic heterocycles. The summed E-state index contributed by atoms with van der Waals surface area (Å²) >= 11 is 0. The lowest BCUT2D eigenvalue weighted by molar-refractivity contribution is 0.197. The van der Waals surface area contributed by atoms with Crippen molar-refractivity contribution in [1.29, 1.82) is 0 Å². The SMILES string of the molecule is CC(C)(C)c1ccc(CC[O])cc1. The zero-order valence-corrected chi connectivity index (χ0v) is 8.63. The van der Waals surface area contributed by atoms with Crippen LogP contribution in [0.15, 0.2) is 24.3 Å². The van der Waals surface area contributed by atoms with E-state index in [9.17, 15) is 5.11 Å². The molecule has 0 unspecified atom stereocenters. The lowest BCUT2D eigenvalue weighted by atomic mass is 9.86. The monoisotopic (exact) mass is 177 g/mol. The molecule has 0 atom stereocenters. The Morgan fingerprint density at radius 3 is 2.00 bits per heavy atom. The Balaban J connectivity index is 2.81. The maximum absolute atomic E-state index is 10.4. The molecule has 0 aliphatic heterocycles. The Morgan fingerprint density at radius 2 is 1.62 bits per heavy atom. The van der Waals surface area contributed by atoms with Crippen molar-refractivity contribution in [3.8, 4) is 0 Å². The Hall–Kier alpha value is -0.820. The predicted octanol–water partition coefficient (Wildman–Crippen LogP) is 2.96. The minimum atomic E-state index is -0.0190. The highest BCUT2D eigenvalue weighted by Gasteiger charge is 2.12. The molecule has 71 valence electrons. The molecule has 0 aliphatic carbocycles. The van der Waals surface area contributed by atoms with Crippen LogP contribution in [-0.4, -0.2) is 6.61 Å². The predicted molar refractivity (Wildman–Crippen MR) is 54.4 cm³/mol. The van der Waals surface area contributed by atoms with Crippen LogP contribution < -0.4 is 0 Å². The summed E-state index contributed by atoms with van der Waals surface area (Å²) in [5, 5.41) is 10.4. The van der Waals surface area contributed by atoms with Crippen LogP contribution in [0.2, 0.25) is 0 Å². The molecule has 0 fully saturated rings. The van der Waals surface area contributed by atoms with E-state index in [1.165, 1.54) is 5.56 Å². The van der Waals surface area contributed by atoms with Crippen molar-refractivity contribution in [2.75, 3.05) is 6.61 Å². The molecule has 0 N–H and O–H groups in total. The van der Waals surface area contributed by atoms with Gasteiger partial charge in [0.15, 0.2) is 0 Å². The van der Waals surface area contributed by atoms with Gasteiger partial charge in [0.25, 0.3) is 0 Å². The van der Waals surface area contributed by atoms with Crippen molar-refractivity contribution in [3.63, 3.8) is 0 Å². The molecule has 0 spiro atoms. The first-order valence-corrected chi connectivity index (χ1v) is 4.71. The highest BCUT2D eigenvalue weighted by molar-refractivity contribution is 5.27. The van der Waals surface area contributed by atoms with Crippen LogP contribution in [0.1, 0.15) is 31.9 Å². The zero-order valence-electron chi connectivity index (χ0n) is 8.63. The molecule has 1 nitrogen and oxygen atoms in total. The Labute approximate surface area is 80.4 Å². The first kappa shape index (κ1) is 10.3. The molecule has 0 aliphatic rings. The zero-order chi connectivity index (χ0) is 9.90. The standard InChI is InChI=1S/C12H17O/c1-12(2,3)11-6-4-10(5-7-11)8-9-13/h4-7H,8-9H2,1-3H3. The molecule has 0 heterocycles. The van der Waals surface area contributed by atoms with Gasteiger partial charge < -0.3 is 0 Å². The summed E-state index contributed by atoms with van der Waals surface area (Å²) in [5.41, 5.74) is 2.67. The molecule has 1 aromatic rings. The number of benzene rings is 1. The summed E-state index contributed by atoms with van der Waals surface area (Å²) in [6.07, 6.45) is 0.643. The second-order valence-electron chi connectivity index (χ2n) is 4.40. The van der Waals surface area contributed by atoms with Crippen molar-refractivity contribution in [2.24, 2.45) is 0 Å². The van der Waals surface area contributed by atoms with E-state index in [0.29, 0.717) is 6.42 Å². The average Bonchev–Trinajstić information content (AvgIpc) is 2.04. The fourth-order valence-electron chi connectivity index (χ4n) is 1.29. The van der Waals surface area contributed by atoms with E-state index in [-0.39, 0.29) is 12.0 Å². The maximum Gasteiger partial charge on any atom is 0.0862 e. The van der Waals surface area contributed by atoms with Gasteiger partial charge in [0, 0.05) is 0 Å². The summed E-state index contributed by atoms with van der Waals surface area (Å²) in [7, 11) is 0. The van der Waals surface area contributed by atoms with Crippen LogP contribution in [0.25, 0.3) is 0 Å². The summed E-state index contributed by atoms with van der Waals surface area (Å²) in [5.74, 6) is 0. The molecular formula is C12H17O. The number of hydrogen-bond acceptors (Lipinski definition) is 0.